The zero-order valence-electron chi connectivity index (χ0n) is 77.5. The summed E-state index contributed by atoms with van der Waals surface area (Å²) in [5.41, 5.74) is 28.2. The van der Waals surface area contributed by atoms with Crippen LogP contribution < -0.4 is 124 Å². The Morgan fingerprint density at radius 1 is 0.418 bits per heavy atom. The number of hydrogen-bond acceptors (Lipinski definition) is 33. The smallest absolute Gasteiger partial charge is 0.328 e. The standard InChI is InChI=1S/C81H129N31O29/c1-35(97-70(132)52(30-113)107-75(137)59(37(3)117)110-76(138)60(38(4)118)109-72(134)54(32-115)106-69(131)49(25-41-28-90-33-95-41)101-63(125)44(82)10-6-20-92-79(84)85)62(124)98-47(18-19-56(83)121)65(127)99-45(11-7-21-93-80(86)87)64(126)105-53(31-114)71(133)108-58(36(2)116)74(136)103-50(26-42-29-91-34-96-42)68(130)102-48(24-40-14-16-43(120)17-15-40)67(129)104-51(27-57(122)123)77(139)112-23-9-13-55(112)73(135)100-46(12-8-22-94-81(88)89)66(128)111-61(39(5)119)78(140)141/h14-17,28-29,33-39,44-55,58-61,113-120H,6-13,18-27,30-32,82H2,1-5H3,(H2,83,121)(H,90,95)(H,91,96)(H,97,132)(H,98,124)(H,99,127)(H,100,135)(H,101,125)(H,102,130)(H,103,136)(H,104,129)(H,105,126)(H,106,131)(H,107,137)(H,108,133)(H,109,134)(H,110,138)(H,111,128)(H,122,123)(H,140,141)(H4,84,85,92)(H4,86,87,93)(H4,88,89,94)/t35-,36+,37+,38+,39+,44-,45-,46-,47-,48-,49-,50-,51-,52-,53-,54-,55-,58-,59-,60-,61-/m0/s1. The normalized spacial score (nSPS) is 16.4. The number of phenols is 1. The number of imidazole rings is 2. The fourth-order valence-corrected chi connectivity index (χ4v) is 13.7. The Balaban J connectivity index is 1.54. The van der Waals surface area contributed by atoms with Crippen LogP contribution in [0.1, 0.15) is 122 Å². The number of H-pyrrole nitrogens is 2. The summed E-state index contributed by atoms with van der Waals surface area (Å²) in [5, 5.41) is 168. The molecule has 782 valence electrons. The molecule has 21 atom stereocenters. The van der Waals surface area contributed by atoms with Gasteiger partial charge in [-0.2, -0.15) is 0 Å². The number of phenolic OH excluding ortho intramolecular Hbond substituents is 1. The molecule has 1 aromatic carbocycles. The van der Waals surface area contributed by atoms with Crippen LogP contribution in [0.3, 0.4) is 0 Å². The lowest BCUT2D eigenvalue weighted by atomic mass is 10.0. The van der Waals surface area contributed by atoms with E-state index in [1.807, 2.05) is 0 Å². The second-order valence-corrected chi connectivity index (χ2v) is 32.9. The predicted octanol–water partition coefficient (Wildman–Crippen LogP) is -16.4. The third-order valence-electron chi connectivity index (χ3n) is 21.4. The number of carbonyl (C=O) groups is 19. The molecule has 43 N–H and O–H groups in total. The van der Waals surface area contributed by atoms with E-state index in [-0.39, 0.29) is 101 Å². The Labute approximate surface area is 804 Å². The molecule has 4 rings (SSSR count). The van der Waals surface area contributed by atoms with E-state index in [0.717, 1.165) is 39.5 Å². The highest BCUT2D eigenvalue weighted by molar-refractivity contribution is 6.02. The van der Waals surface area contributed by atoms with Crippen molar-refractivity contribution in [2.75, 3.05) is 46.0 Å². The van der Waals surface area contributed by atoms with Gasteiger partial charge in [0.15, 0.2) is 23.9 Å². The maximum absolute atomic E-state index is 14.8. The first-order chi connectivity index (χ1) is 66.4. The lowest BCUT2D eigenvalue weighted by Crippen LogP contribution is -2.64. The number of aliphatic carboxylic acids is 2. The molecule has 0 aliphatic carbocycles. The summed E-state index contributed by atoms with van der Waals surface area (Å²) in [7, 11) is 0. The number of benzene rings is 1. The molecule has 0 spiro atoms. The monoisotopic (exact) mass is 2000 g/mol. The minimum atomic E-state index is -2.14. The third kappa shape index (κ3) is 40.8. The summed E-state index contributed by atoms with van der Waals surface area (Å²) in [6, 6.07) is -26.1. The van der Waals surface area contributed by atoms with Crippen LogP contribution in [0, 0.1) is 16.2 Å². The number of guanidine groups is 3. The Morgan fingerprint density at radius 2 is 0.759 bits per heavy atom. The number of aliphatic hydroxyl groups excluding tert-OH is 7. The van der Waals surface area contributed by atoms with Crippen molar-refractivity contribution in [2.24, 2.45) is 28.7 Å². The summed E-state index contributed by atoms with van der Waals surface area (Å²) in [5.74, 6) is -25.7. The number of rotatable bonds is 62. The molecule has 60 heteroatoms. The van der Waals surface area contributed by atoms with Gasteiger partial charge >= 0.3 is 11.9 Å². The van der Waals surface area contributed by atoms with Crippen molar-refractivity contribution < 1.29 is 142 Å². The lowest BCUT2D eigenvalue weighted by molar-refractivity contribution is -0.146. The van der Waals surface area contributed by atoms with Crippen LogP contribution in [0.25, 0.3) is 0 Å². The first-order valence-electron chi connectivity index (χ1n) is 44.3. The van der Waals surface area contributed by atoms with Crippen molar-refractivity contribution in [1.82, 2.24) is 121 Å². The molecule has 1 aliphatic heterocycles. The van der Waals surface area contributed by atoms with Crippen LogP contribution in [-0.2, 0) is 110 Å². The molecule has 0 saturated carbocycles. The lowest BCUT2D eigenvalue weighted by Gasteiger charge is -2.31. The minimum Gasteiger partial charge on any atom is -0.508 e. The van der Waals surface area contributed by atoms with Crippen LogP contribution in [0.15, 0.2) is 49.3 Å². The SMILES string of the molecule is C[C@H](NC(=O)[C@H](CO)NC(=O)[C@@H](NC(=O)[C@@H](NC(=O)[C@H](CO)NC(=O)[C@H](Cc1cnc[nH]1)NC(=O)[C@@H](N)CCCNC(=N)N)[C@@H](C)O)[C@@H](C)O)C(=O)N[C@@H](CCC(N)=O)C(=O)N[C@@H](CCCNC(=N)N)C(=O)N[C@@H](CO)C(=O)N[C@H](C(=O)N[C@@H](Cc1cnc[nH]1)C(=O)N[C@@H](Cc1ccc(O)cc1)C(=O)N[C@@H](CC(=O)O)C(=O)N1CCC[C@H]1C(=O)N[C@@H](CCCNC(=N)N)C(=O)N[C@H](C(=O)O)[C@@H](C)O)[C@@H](C)O. The molecule has 1 aliphatic rings. The predicted molar refractivity (Wildman–Crippen MR) is 487 cm³/mol. The van der Waals surface area contributed by atoms with E-state index >= 15 is 0 Å². The Kier molecular flexibility index (Phi) is 49.6. The second-order valence-electron chi connectivity index (χ2n) is 32.9. The van der Waals surface area contributed by atoms with E-state index in [1.165, 1.54) is 49.3 Å². The highest BCUT2D eigenvalue weighted by atomic mass is 16.4. The van der Waals surface area contributed by atoms with Crippen LogP contribution >= 0.6 is 0 Å². The summed E-state index contributed by atoms with van der Waals surface area (Å²) in [6.07, 6.45) is -6.61. The highest BCUT2D eigenvalue weighted by Crippen LogP contribution is 2.22. The summed E-state index contributed by atoms with van der Waals surface area (Å²) >= 11 is 0. The molecule has 3 aromatic rings. The number of primary amides is 1. The van der Waals surface area contributed by atoms with Crippen LogP contribution in [0.2, 0.25) is 0 Å². The van der Waals surface area contributed by atoms with Crippen LogP contribution in [0.4, 0.5) is 0 Å². The van der Waals surface area contributed by atoms with Gasteiger partial charge < -0.3 is 190 Å². The molecule has 0 bridgehead atoms. The average Bonchev–Trinajstić information content (AvgIpc) is 1.72. The zero-order chi connectivity index (χ0) is 106. The van der Waals surface area contributed by atoms with Gasteiger partial charge in [-0.3, -0.25) is 103 Å². The number of hydrogen-bond donors (Lipinski definition) is 38. The van der Waals surface area contributed by atoms with E-state index in [9.17, 15) is 142 Å². The van der Waals surface area contributed by atoms with Gasteiger partial charge in [0, 0.05) is 75.6 Å². The maximum atomic E-state index is 14.8. The number of carboxylic acid groups (broad SMARTS) is 2. The van der Waals surface area contributed by atoms with Crippen molar-refractivity contribution in [2.45, 2.75) is 252 Å². The van der Waals surface area contributed by atoms with Crippen molar-refractivity contribution in [1.29, 1.82) is 16.2 Å². The first-order valence-corrected chi connectivity index (χ1v) is 44.3. The van der Waals surface area contributed by atoms with Gasteiger partial charge in [-0.15, -0.1) is 0 Å². The average molecular weight is 2000 g/mol. The molecule has 0 unspecified atom stereocenters. The number of nitrogens with two attached hydrogens (primary N) is 5. The van der Waals surface area contributed by atoms with Crippen LogP contribution in [0.5, 0.6) is 5.75 Å². The summed E-state index contributed by atoms with van der Waals surface area (Å²) < 4.78 is 0. The molecule has 3 heterocycles. The quantitative estimate of drug-likeness (QED) is 0.0142. The van der Waals surface area contributed by atoms with Gasteiger partial charge in [-0.05, 0) is 110 Å². The van der Waals surface area contributed by atoms with Crippen molar-refractivity contribution in [3.8, 4) is 5.75 Å². The maximum Gasteiger partial charge on any atom is 0.328 e. The van der Waals surface area contributed by atoms with E-state index in [4.69, 9.17) is 44.9 Å². The van der Waals surface area contributed by atoms with Crippen molar-refractivity contribution in [3.63, 3.8) is 0 Å². The number of nitrogens with one attached hydrogen (secondary N) is 23. The van der Waals surface area contributed by atoms with Gasteiger partial charge in [0.05, 0.1) is 69.4 Å². The third-order valence-corrected chi connectivity index (χ3v) is 21.4. The minimum absolute atomic E-state index is 0.0118. The number of amides is 17. The number of aromatic amines is 2. The number of aromatic hydroxyl groups is 1. The molecule has 2 aromatic heterocycles. The zero-order valence-corrected chi connectivity index (χ0v) is 77.5. The van der Waals surface area contributed by atoms with Gasteiger partial charge in [-0.25, -0.2) is 14.8 Å². The number of nitrogens with zero attached hydrogens (tertiary/aromatic N) is 3. The van der Waals surface area contributed by atoms with E-state index in [2.05, 4.69) is 116 Å². The summed E-state index contributed by atoms with van der Waals surface area (Å²) in [4.78, 5) is 276. The molecule has 1 saturated heterocycles. The van der Waals surface area contributed by atoms with Gasteiger partial charge in [0.2, 0.25) is 100 Å². The molecule has 0 radical (unpaired) electrons. The molecular weight excluding hydrogens is 1870 g/mol. The molecular formula is C81H129N31O29. The van der Waals surface area contributed by atoms with Gasteiger partial charge in [0.25, 0.3) is 0 Å². The first kappa shape index (κ1) is 118. The molecule has 17 amide bonds. The Hall–Kier alpha value is -15.1. The number of carboxylic acids is 2. The molecule has 1 fully saturated rings. The Bertz CT molecular complexity index is 4780. The van der Waals surface area contributed by atoms with E-state index < -0.39 is 310 Å². The molecule has 60 nitrogen and oxygen atoms in total. The number of aromatic nitrogens is 4. The van der Waals surface area contributed by atoms with Gasteiger partial charge in [0.1, 0.15) is 96.4 Å². The van der Waals surface area contributed by atoms with Crippen molar-refractivity contribution >= 4 is 130 Å². The topological polar surface area (TPSA) is 1010 Å². The largest absolute Gasteiger partial charge is 0.508 e. The number of aliphatic hydroxyl groups is 7. The van der Waals surface area contributed by atoms with Crippen LogP contribution in [-0.4, -0.2) is 379 Å². The fraction of sp³-hybridized carbons (Fsp3) is 0.580. The van der Waals surface area contributed by atoms with E-state index in [1.54, 1.807) is 0 Å². The number of carbonyl (C=O) groups excluding carboxylic acids is 17. The van der Waals surface area contributed by atoms with E-state index in [0.29, 0.717) is 5.69 Å². The molecule has 141 heavy (non-hydrogen) atoms. The number of likely N-dealkylation sites (tertiary alicyclic amines) is 1. The fourth-order valence-electron chi connectivity index (χ4n) is 13.7. The van der Waals surface area contributed by atoms with Gasteiger partial charge in [-0.1, -0.05) is 12.1 Å². The second kappa shape index (κ2) is 59.2. The Morgan fingerprint density at radius 3 is 1.17 bits per heavy atom. The highest BCUT2D eigenvalue weighted by Gasteiger charge is 2.44. The van der Waals surface area contributed by atoms with Crippen molar-refractivity contribution in [3.05, 3.63) is 66.3 Å². The summed E-state index contributed by atoms with van der Waals surface area (Å²) in [6.45, 7) is 1.08.